The minimum absolute atomic E-state index is 0.216. The van der Waals surface area contributed by atoms with Gasteiger partial charge in [0.25, 0.3) is 0 Å². The summed E-state index contributed by atoms with van der Waals surface area (Å²) in [6.07, 6.45) is 0.543. The van der Waals surface area contributed by atoms with Crippen LogP contribution in [0, 0.1) is 5.82 Å². The van der Waals surface area contributed by atoms with Crippen LogP contribution in [0.2, 0.25) is 0 Å². The highest BCUT2D eigenvalue weighted by Crippen LogP contribution is 2.20. The highest BCUT2D eigenvalue weighted by Gasteiger charge is 2.11. The molecule has 0 fully saturated rings. The second-order valence-corrected chi connectivity index (χ2v) is 4.00. The maximum absolute atomic E-state index is 13.5. The summed E-state index contributed by atoms with van der Waals surface area (Å²) in [4.78, 5) is 0. The number of rotatable bonds is 3. The number of benzene rings is 2. The first kappa shape index (κ1) is 11.6. The van der Waals surface area contributed by atoms with Crippen LogP contribution in [0.5, 0.6) is 5.75 Å². The molecule has 0 aliphatic rings. The number of hydrogen-bond donors (Lipinski definition) is 2. The molecule has 0 radical (unpaired) electrons. The van der Waals surface area contributed by atoms with Gasteiger partial charge in [0.05, 0.1) is 0 Å². The Balaban J connectivity index is 2.14. The molecule has 2 aromatic rings. The van der Waals surface area contributed by atoms with E-state index in [1.807, 2.05) is 0 Å². The van der Waals surface area contributed by atoms with E-state index < -0.39 is 0 Å². The summed E-state index contributed by atoms with van der Waals surface area (Å²) in [5.41, 5.74) is 7.45. The molecule has 1 unspecified atom stereocenters. The number of nitrogens with two attached hydrogens (primary N) is 1. The summed E-state index contributed by atoms with van der Waals surface area (Å²) >= 11 is 0. The van der Waals surface area contributed by atoms with Crippen molar-refractivity contribution in [2.45, 2.75) is 12.5 Å². The van der Waals surface area contributed by atoms with Gasteiger partial charge >= 0.3 is 0 Å². The van der Waals surface area contributed by atoms with Crippen LogP contribution >= 0.6 is 0 Å². The predicted molar refractivity (Wildman–Crippen MR) is 65.1 cm³/mol. The molecule has 2 nitrogen and oxygen atoms in total. The molecule has 0 spiro atoms. The lowest BCUT2D eigenvalue weighted by Gasteiger charge is -2.12. The van der Waals surface area contributed by atoms with Crippen molar-refractivity contribution in [1.29, 1.82) is 0 Å². The quantitative estimate of drug-likeness (QED) is 0.853. The van der Waals surface area contributed by atoms with Crippen LogP contribution in [0.4, 0.5) is 4.39 Å². The SMILES string of the molecule is NC(Cc1ccc(O)cc1)c1ccccc1F. The molecule has 88 valence electrons. The number of phenolic OH excluding ortho intramolecular Hbond substituents is 1. The van der Waals surface area contributed by atoms with Crippen molar-refractivity contribution in [3.05, 3.63) is 65.5 Å². The maximum atomic E-state index is 13.5. The van der Waals surface area contributed by atoms with Gasteiger partial charge in [-0.25, -0.2) is 4.39 Å². The van der Waals surface area contributed by atoms with Crippen LogP contribution in [0.3, 0.4) is 0 Å². The predicted octanol–water partition coefficient (Wildman–Crippen LogP) is 2.77. The first-order chi connectivity index (χ1) is 8.16. The molecule has 0 bridgehead atoms. The molecule has 2 rings (SSSR count). The van der Waals surface area contributed by atoms with Gasteiger partial charge in [-0.15, -0.1) is 0 Å². The number of halogens is 1. The summed E-state index contributed by atoms with van der Waals surface area (Å²) < 4.78 is 13.5. The van der Waals surface area contributed by atoms with Gasteiger partial charge < -0.3 is 10.8 Å². The van der Waals surface area contributed by atoms with E-state index in [-0.39, 0.29) is 17.6 Å². The highest BCUT2D eigenvalue weighted by molar-refractivity contribution is 5.28. The summed E-state index contributed by atoms with van der Waals surface area (Å²) in [7, 11) is 0. The minimum Gasteiger partial charge on any atom is -0.508 e. The van der Waals surface area contributed by atoms with Gasteiger partial charge in [0, 0.05) is 11.6 Å². The third-order valence-electron chi connectivity index (χ3n) is 2.70. The Morgan fingerprint density at radius 2 is 1.71 bits per heavy atom. The molecule has 1 atom stereocenters. The van der Waals surface area contributed by atoms with Crippen LogP contribution in [0.1, 0.15) is 17.2 Å². The van der Waals surface area contributed by atoms with Crippen molar-refractivity contribution in [3.8, 4) is 5.75 Å². The monoisotopic (exact) mass is 231 g/mol. The summed E-state index contributed by atoms with van der Waals surface area (Å²) in [6.45, 7) is 0. The zero-order valence-corrected chi connectivity index (χ0v) is 9.31. The highest BCUT2D eigenvalue weighted by atomic mass is 19.1. The Labute approximate surface area is 99.5 Å². The molecule has 0 saturated heterocycles. The van der Waals surface area contributed by atoms with Gasteiger partial charge in [0.2, 0.25) is 0 Å². The second-order valence-electron chi connectivity index (χ2n) is 4.00. The fourth-order valence-electron chi connectivity index (χ4n) is 1.77. The van der Waals surface area contributed by atoms with E-state index in [4.69, 9.17) is 10.8 Å². The molecule has 0 aliphatic carbocycles. The second kappa shape index (κ2) is 4.97. The fraction of sp³-hybridized carbons (Fsp3) is 0.143. The topological polar surface area (TPSA) is 46.2 Å². The molecular weight excluding hydrogens is 217 g/mol. The first-order valence-electron chi connectivity index (χ1n) is 5.45. The van der Waals surface area contributed by atoms with Crippen LogP contribution in [0.15, 0.2) is 48.5 Å². The lowest BCUT2D eigenvalue weighted by Crippen LogP contribution is -2.14. The van der Waals surface area contributed by atoms with E-state index in [0.717, 1.165) is 5.56 Å². The average Bonchev–Trinajstić information content (AvgIpc) is 2.32. The Bertz CT molecular complexity index is 496. The van der Waals surface area contributed by atoms with Crippen molar-refractivity contribution in [3.63, 3.8) is 0 Å². The third-order valence-corrected chi connectivity index (χ3v) is 2.70. The third kappa shape index (κ3) is 2.82. The molecule has 0 aromatic heterocycles. The van der Waals surface area contributed by atoms with Crippen molar-refractivity contribution in [2.75, 3.05) is 0 Å². The Kier molecular flexibility index (Phi) is 3.40. The summed E-state index contributed by atoms with van der Waals surface area (Å²) in [5, 5.41) is 9.16. The van der Waals surface area contributed by atoms with Gasteiger partial charge in [-0.1, -0.05) is 30.3 Å². The van der Waals surface area contributed by atoms with E-state index in [1.54, 1.807) is 42.5 Å². The average molecular weight is 231 g/mol. The Morgan fingerprint density at radius 1 is 1.06 bits per heavy atom. The van der Waals surface area contributed by atoms with Crippen LogP contribution < -0.4 is 5.73 Å². The van der Waals surface area contributed by atoms with E-state index >= 15 is 0 Å². The van der Waals surface area contributed by atoms with E-state index in [1.165, 1.54) is 6.07 Å². The molecule has 17 heavy (non-hydrogen) atoms. The van der Waals surface area contributed by atoms with E-state index in [9.17, 15) is 4.39 Å². The van der Waals surface area contributed by atoms with Gasteiger partial charge in [0.1, 0.15) is 11.6 Å². The van der Waals surface area contributed by atoms with Crippen molar-refractivity contribution in [2.24, 2.45) is 5.73 Å². The molecule has 2 aromatic carbocycles. The zero-order chi connectivity index (χ0) is 12.3. The normalized spacial score (nSPS) is 12.4. The van der Waals surface area contributed by atoms with Gasteiger partial charge in [-0.2, -0.15) is 0 Å². The lowest BCUT2D eigenvalue weighted by atomic mass is 9.99. The number of phenols is 1. The minimum atomic E-state index is -0.374. The van der Waals surface area contributed by atoms with Gasteiger partial charge in [-0.05, 0) is 30.2 Å². The largest absolute Gasteiger partial charge is 0.508 e. The molecule has 0 heterocycles. The molecule has 3 N–H and O–H groups in total. The van der Waals surface area contributed by atoms with Crippen molar-refractivity contribution >= 4 is 0 Å². The van der Waals surface area contributed by atoms with Crippen LogP contribution in [-0.4, -0.2) is 5.11 Å². The van der Waals surface area contributed by atoms with E-state index in [0.29, 0.717) is 12.0 Å². The van der Waals surface area contributed by atoms with Gasteiger partial charge in [-0.3, -0.25) is 0 Å². The van der Waals surface area contributed by atoms with Crippen LogP contribution in [-0.2, 0) is 6.42 Å². The van der Waals surface area contributed by atoms with E-state index in [2.05, 4.69) is 0 Å². The molecule has 0 saturated carbocycles. The molecule has 3 heteroatoms. The maximum Gasteiger partial charge on any atom is 0.127 e. The van der Waals surface area contributed by atoms with Crippen molar-refractivity contribution in [1.82, 2.24) is 0 Å². The Morgan fingerprint density at radius 3 is 2.35 bits per heavy atom. The Hall–Kier alpha value is -1.87. The first-order valence-corrected chi connectivity index (χ1v) is 5.45. The zero-order valence-electron chi connectivity index (χ0n) is 9.31. The van der Waals surface area contributed by atoms with Crippen molar-refractivity contribution < 1.29 is 9.50 Å². The fourth-order valence-corrected chi connectivity index (χ4v) is 1.77. The molecule has 0 aliphatic heterocycles. The molecule has 0 amide bonds. The van der Waals surface area contributed by atoms with Gasteiger partial charge in [0.15, 0.2) is 0 Å². The summed E-state index contributed by atoms with van der Waals surface area (Å²) in [6, 6.07) is 12.9. The summed E-state index contributed by atoms with van der Waals surface area (Å²) in [5.74, 6) is -0.0630. The smallest absolute Gasteiger partial charge is 0.127 e. The van der Waals surface area contributed by atoms with Crippen LogP contribution in [0.25, 0.3) is 0 Å². The lowest BCUT2D eigenvalue weighted by molar-refractivity contribution is 0.475. The number of hydrogen-bond acceptors (Lipinski definition) is 2. The number of aromatic hydroxyl groups is 1. The molecular formula is C14H14FNO. The standard InChI is InChI=1S/C14H14FNO/c15-13-4-2-1-3-12(13)14(16)9-10-5-7-11(17)8-6-10/h1-8,14,17H,9,16H2.